The molecule has 1 aliphatic carbocycles. The maximum absolute atomic E-state index is 13.6. The lowest BCUT2D eigenvalue weighted by molar-refractivity contribution is -0.117. The first-order valence-electron chi connectivity index (χ1n) is 14.6. The van der Waals surface area contributed by atoms with Crippen molar-refractivity contribution in [3.8, 4) is 0 Å². The van der Waals surface area contributed by atoms with Crippen LogP contribution in [0.25, 0.3) is 10.9 Å². The van der Waals surface area contributed by atoms with Gasteiger partial charge in [0.05, 0.1) is 0 Å². The van der Waals surface area contributed by atoms with Crippen LogP contribution in [-0.4, -0.2) is 28.1 Å². The molecule has 2 aromatic carbocycles. The minimum atomic E-state index is -0.590. The zero-order chi connectivity index (χ0) is 29.8. The van der Waals surface area contributed by atoms with Crippen molar-refractivity contribution in [2.45, 2.75) is 92.2 Å². The summed E-state index contributed by atoms with van der Waals surface area (Å²) in [6.07, 6.45) is 5.93. The topological polar surface area (TPSA) is 101 Å². The molecule has 0 atom stereocenters. The van der Waals surface area contributed by atoms with Gasteiger partial charge in [-0.25, -0.2) is 4.79 Å². The molecule has 4 rings (SSSR count). The highest BCUT2D eigenvalue weighted by molar-refractivity contribution is 6.07. The Balaban J connectivity index is 1.54. The monoisotopic (exact) mass is 560 g/mol. The van der Waals surface area contributed by atoms with Crippen LogP contribution in [0.4, 0.5) is 21.9 Å². The van der Waals surface area contributed by atoms with Crippen LogP contribution in [0.5, 0.6) is 0 Å². The van der Waals surface area contributed by atoms with Gasteiger partial charge in [0, 0.05) is 40.9 Å². The quantitative estimate of drug-likeness (QED) is 0.271. The van der Waals surface area contributed by atoms with Crippen molar-refractivity contribution in [2.75, 3.05) is 16.0 Å². The molecule has 3 amide bonds. The normalized spacial score (nSPS) is 14.5. The molecule has 8 nitrogen and oxygen atoms in total. The highest BCUT2D eigenvalue weighted by Crippen LogP contribution is 2.31. The van der Waals surface area contributed by atoms with E-state index in [0.717, 1.165) is 36.0 Å². The smallest absolute Gasteiger partial charge is 0.412 e. The summed E-state index contributed by atoms with van der Waals surface area (Å²) in [4.78, 5) is 38.2. The predicted octanol–water partition coefficient (Wildman–Crippen LogP) is 8.20. The number of hydrogen-bond acceptors (Lipinski definition) is 4. The maximum Gasteiger partial charge on any atom is 0.412 e. The second-order valence-corrected chi connectivity index (χ2v) is 13.4. The number of amides is 3. The van der Waals surface area contributed by atoms with Gasteiger partial charge < -0.3 is 19.9 Å². The molecule has 0 saturated heterocycles. The van der Waals surface area contributed by atoms with Crippen molar-refractivity contribution in [2.24, 2.45) is 11.3 Å². The molecule has 1 saturated carbocycles. The molecule has 0 aliphatic heterocycles. The van der Waals surface area contributed by atoms with Crippen molar-refractivity contribution in [1.29, 1.82) is 0 Å². The van der Waals surface area contributed by atoms with E-state index in [-0.39, 0.29) is 17.2 Å². The molecule has 0 spiro atoms. The summed E-state index contributed by atoms with van der Waals surface area (Å²) in [6, 6.07) is 14.7. The number of nitrogens with zero attached hydrogens (tertiary/aromatic N) is 1. The third-order valence-corrected chi connectivity index (χ3v) is 7.06. The van der Waals surface area contributed by atoms with Gasteiger partial charge in [-0.3, -0.25) is 14.9 Å². The second kappa shape index (κ2) is 12.4. The third kappa shape index (κ3) is 8.84. The molecule has 0 unspecified atom stereocenters. The Morgan fingerprint density at radius 3 is 2.02 bits per heavy atom. The Morgan fingerprint density at radius 2 is 1.41 bits per heavy atom. The van der Waals surface area contributed by atoms with Crippen LogP contribution in [-0.2, 0) is 16.1 Å². The Bertz CT molecular complexity index is 1390. The molecule has 41 heavy (non-hydrogen) atoms. The molecule has 220 valence electrons. The molecule has 0 radical (unpaired) electrons. The van der Waals surface area contributed by atoms with Crippen molar-refractivity contribution in [1.82, 2.24) is 4.57 Å². The molecular formula is C33H44N4O4. The Labute approximate surface area is 243 Å². The van der Waals surface area contributed by atoms with Crippen LogP contribution in [0.1, 0.15) is 90.6 Å². The molecule has 0 bridgehead atoms. The second-order valence-electron chi connectivity index (χ2n) is 13.4. The molecule has 3 aromatic rings. The summed E-state index contributed by atoms with van der Waals surface area (Å²) in [6.45, 7) is 12.3. The first-order valence-corrected chi connectivity index (χ1v) is 14.6. The SMILES string of the molecule is CC(C)(C)CC(=O)Nc1ccc2c(c1)cc(C(=O)Nc1ccc(NC(=O)OC(C)(C)C)cc1)n2CC1CCCCC1. The van der Waals surface area contributed by atoms with Crippen LogP contribution in [0.3, 0.4) is 0 Å². The summed E-state index contributed by atoms with van der Waals surface area (Å²) in [7, 11) is 0. The number of fused-ring (bicyclic) bond motifs is 1. The van der Waals surface area contributed by atoms with Gasteiger partial charge in [-0.2, -0.15) is 0 Å². The largest absolute Gasteiger partial charge is 0.444 e. The van der Waals surface area contributed by atoms with Crippen molar-refractivity contribution >= 4 is 45.9 Å². The van der Waals surface area contributed by atoms with Gasteiger partial charge in [-0.15, -0.1) is 0 Å². The number of ether oxygens (including phenoxy) is 1. The van der Waals surface area contributed by atoms with E-state index in [2.05, 4.69) is 20.5 Å². The molecule has 1 heterocycles. The average Bonchev–Trinajstić information content (AvgIpc) is 3.21. The van der Waals surface area contributed by atoms with Crippen LogP contribution in [0.15, 0.2) is 48.5 Å². The molecule has 1 aliphatic rings. The van der Waals surface area contributed by atoms with Gasteiger partial charge in [0.2, 0.25) is 5.91 Å². The predicted molar refractivity (Wildman–Crippen MR) is 165 cm³/mol. The molecule has 1 fully saturated rings. The summed E-state index contributed by atoms with van der Waals surface area (Å²) < 4.78 is 7.43. The standard InChI is InChI=1S/C33H44N4O4/c1-32(2,3)20-29(38)34-26-16-17-27-23(18-26)19-28(37(27)21-22-10-8-7-9-11-22)30(39)35-24-12-14-25(15-13-24)36-31(40)41-33(4,5)6/h12-19,22H,7-11,20-21H2,1-6H3,(H,34,38)(H,35,39)(H,36,40). The molecular weight excluding hydrogens is 516 g/mol. The number of aromatic nitrogens is 1. The van der Waals surface area contributed by atoms with E-state index in [4.69, 9.17) is 4.74 Å². The highest BCUT2D eigenvalue weighted by atomic mass is 16.6. The molecule has 1 aromatic heterocycles. The lowest BCUT2D eigenvalue weighted by Crippen LogP contribution is -2.27. The van der Waals surface area contributed by atoms with Gasteiger partial charge in [0.15, 0.2) is 0 Å². The maximum atomic E-state index is 13.6. The molecule has 8 heteroatoms. The Hall–Kier alpha value is -3.81. The Kier molecular flexibility index (Phi) is 9.10. The zero-order valence-electron chi connectivity index (χ0n) is 25.2. The van der Waals surface area contributed by atoms with E-state index in [9.17, 15) is 14.4 Å². The lowest BCUT2D eigenvalue weighted by Gasteiger charge is -2.23. The van der Waals surface area contributed by atoms with Crippen molar-refractivity contribution in [3.63, 3.8) is 0 Å². The number of carbonyl (C=O) groups excluding carboxylic acids is 3. The first kappa shape index (κ1) is 30.2. The number of nitrogens with one attached hydrogen (secondary N) is 3. The minimum absolute atomic E-state index is 0.0268. The van der Waals surface area contributed by atoms with E-state index in [1.165, 1.54) is 19.3 Å². The zero-order valence-corrected chi connectivity index (χ0v) is 25.2. The van der Waals surface area contributed by atoms with E-state index in [0.29, 0.717) is 29.4 Å². The highest BCUT2D eigenvalue weighted by Gasteiger charge is 2.22. The van der Waals surface area contributed by atoms with Gasteiger partial charge in [-0.05, 0) is 93.5 Å². The first-order chi connectivity index (χ1) is 19.3. The number of anilines is 3. The van der Waals surface area contributed by atoms with Crippen LogP contribution in [0.2, 0.25) is 0 Å². The van der Waals surface area contributed by atoms with E-state index in [1.54, 1.807) is 24.3 Å². The van der Waals surface area contributed by atoms with E-state index < -0.39 is 11.7 Å². The van der Waals surface area contributed by atoms with E-state index >= 15 is 0 Å². The van der Waals surface area contributed by atoms with Crippen LogP contribution < -0.4 is 16.0 Å². The minimum Gasteiger partial charge on any atom is -0.444 e. The number of hydrogen-bond donors (Lipinski definition) is 3. The van der Waals surface area contributed by atoms with Gasteiger partial charge in [0.1, 0.15) is 11.3 Å². The molecule has 3 N–H and O–H groups in total. The summed E-state index contributed by atoms with van der Waals surface area (Å²) in [5, 5.41) is 9.65. The number of rotatable bonds is 7. The number of carbonyl (C=O) groups is 3. The average molecular weight is 561 g/mol. The summed E-state index contributed by atoms with van der Waals surface area (Å²) >= 11 is 0. The van der Waals surface area contributed by atoms with Crippen molar-refractivity contribution < 1.29 is 19.1 Å². The summed E-state index contributed by atoms with van der Waals surface area (Å²) in [5.41, 5.74) is 2.78. The van der Waals surface area contributed by atoms with E-state index in [1.807, 2.05) is 65.8 Å². The fourth-order valence-electron chi connectivity index (χ4n) is 5.30. The van der Waals surface area contributed by atoms with Gasteiger partial charge >= 0.3 is 6.09 Å². The Morgan fingerprint density at radius 1 is 0.805 bits per heavy atom. The van der Waals surface area contributed by atoms with Crippen LogP contribution in [0, 0.1) is 11.3 Å². The fraction of sp³-hybridized carbons (Fsp3) is 0.485. The fourth-order valence-corrected chi connectivity index (χ4v) is 5.30. The van der Waals surface area contributed by atoms with Crippen molar-refractivity contribution in [3.05, 3.63) is 54.2 Å². The summed E-state index contributed by atoms with van der Waals surface area (Å²) in [5.74, 6) is 0.291. The van der Waals surface area contributed by atoms with Crippen LogP contribution >= 0.6 is 0 Å². The van der Waals surface area contributed by atoms with Gasteiger partial charge in [-0.1, -0.05) is 40.0 Å². The number of benzene rings is 2. The third-order valence-electron chi connectivity index (χ3n) is 7.06. The lowest BCUT2D eigenvalue weighted by atomic mass is 9.89. The van der Waals surface area contributed by atoms with Gasteiger partial charge in [0.25, 0.3) is 5.91 Å².